The van der Waals surface area contributed by atoms with Crippen molar-refractivity contribution < 1.29 is 0 Å². The first kappa shape index (κ1) is 16.2. The molecule has 0 fully saturated rings. The van der Waals surface area contributed by atoms with Crippen LogP contribution >= 0.6 is 11.6 Å². The van der Waals surface area contributed by atoms with E-state index < -0.39 is 0 Å². The maximum absolute atomic E-state index is 6.78. The third-order valence-corrected chi connectivity index (χ3v) is 6.78. The van der Waals surface area contributed by atoms with Gasteiger partial charge in [-0.25, -0.2) is 0 Å². The number of hydrogen-bond acceptors (Lipinski definition) is 0. The van der Waals surface area contributed by atoms with E-state index >= 15 is 0 Å². The Bertz CT molecular complexity index is 1240. The first-order chi connectivity index (χ1) is 13.6. The summed E-state index contributed by atoms with van der Waals surface area (Å²) in [5.74, 6) is 0. The van der Waals surface area contributed by atoms with Crippen LogP contribution in [0.2, 0.25) is 5.02 Å². The minimum atomic E-state index is -0.292. The van der Waals surface area contributed by atoms with Gasteiger partial charge >= 0.3 is 0 Å². The second-order valence-electron chi connectivity index (χ2n) is 8.06. The van der Waals surface area contributed by atoms with Gasteiger partial charge in [0.1, 0.15) is 0 Å². The van der Waals surface area contributed by atoms with Crippen molar-refractivity contribution in [3.8, 4) is 22.3 Å². The average Bonchev–Trinajstić information content (AvgIpc) is 3.15. The topological polar surface area (TPSA) is 0 Å². The number of rotatable bonds is 0. The van der Waals surface area contributed by atoms with E-state index in [2.05, 4.69) is 86.6 Å². The molecule has 0 saturated heterocycles. The molecule has 0 heterocycles. The smallest absolute Gasteiger partial charge is 0.0726 e. The standard InChI is InChI=1S/C27H19Cl/c1-16-10-12-18-19-13-11-17(2)15-24(19)27(23(18)14-16)21-7-4-3-6-20(21)26-22(27)8-5-9-25(26)28/h3-15H,1-2H3. The van der Waals surface area contributed by atoms with Crippen molar-refractivity contribution in [1.29, 1.82) is 0 Å². The van der Waals surface area contributed by atoms with Gasteiger partial charge < -0.3 is 0 Å². The van der Waals surface area contributed by atoms with Crippen LogP contribution in [0.1, 0.15) is 33.4 Å². The summed E-state index contributed by atoms with van der Waals surface area (Å²) < 4.78 is 0. The van der Waals surface area contributed by atoms with E-state index in [4.69, 9.17) is 11.6 Å². The van der Waals surface area contributed by atoms with Crippen LogP contribution in [-0.2, 0) is 5.41 Å². The molecule has 0 bridgehead atoms. The highest BCUT2D eigenvalue weighted by Gasteiger charge is 2.52. The van der Waals surface area contributed by atoms with Crippen molar-refractivity contribution in [2.75, 3.05) is 0 Å². The number of benzene rings is 4. The van der Waals surface area contributed by atoms with E-state index in [1.165, 1.54) is 55.6 Å². The highest BCUT2D eigenvalue weighted by molar-refractivity contribution is 6.34. The number of fused-ring (bicyclic) bond motifs is 10. The number of halogens is 1. The van der Waals surface area contributed by atoms with Gasteiger partial charge in [-0.1, -0.05) is 95.5 Å². The Morgan fingerprint density at radius 3 is 1.86 bits per heavy atom. The van der Waals surface area contributed by atoms with Crippen LogP contribution < -0.4 is 0 Å². The lowest BCUT2D eigenvalue weighted by atomic mass is 9.70. The lowest BCUT2D eigenvalue weighted by Crippen LogP contribution is -2.26. The molecule has 134 valence electrons. The first-order valence-corrected chi connectivity index (χ1v) is 10.1. The van der Waals surface area contributed by atoms with E-state index in [0.717, 1.165) is 5.02 Å². The summed E-state index contributed by atoms with van der Waals surface area (Å²) in [6.07, 6.45) is 0. The van der Waals surface area contributed by atoms with Gasteiger partial charge in [-0.2, -0.15) is 0 Å². The third-order valence-electron chi connectivity index (χ3n) is 6.47. The Balaban J connectivity index is 1.89. The Labute approximate surface area is 170 Å². The zero-order valence-corrected chi connectivity index (χ0v) is 16.6. The van der Waals surface area contributed by atoms with Crippen LogP contribution in [0.15, 0.2) is 78.9 Å². The minimum Gasteiger partial charge on any atom is -0.0837 e. The van der Waals surface area contributed by atoms with Crippen LogP contribution in [0.4, 0.5) is 0 Å². The molecule has 0 saturated carbocycles. The van der Waals surface area contributed by atoms with Gasteiger partial charge in [-0.15, -0.1) is 0 Å². The molecule has 1 spiro atoms. The zero-order valence-electron chi connectivity index (χ0n) is 15.9. The zero-order chi connectivity index (χ0) is 19.0. The summed E-state index contributed by atoms with van der Waals surface area (Å²) in [4.78, 5) is 0. The predicted molar refractivity (Wildman–Crippen MR) is 117 cm³/mol. The lowest BCUT2D eigenvalue weighted by Gasteiger charge is -2.30. The molecule has 0 aromatic heterocycles. The predicted octanol–water partition coefficient (Wildman–Crippen LogP) is 7.30. The Hall–Kier alpha value is -2.83. The van der Waals surface area contributed by atoms with Crippen molar-refractivity contribution in [1.82, 2.24) is 0 Å². The van der Waals surface area contributed by atoms with Crippen molar-refractivity contribution in [2.24, 2.45) is 0 Å². The van der Waals surface area contributed by atoms with Crippen LogP contribution in [0.3, 0.4) is 0 Å². The molecule has 0 nitrogen and oxygen atoms in total. The van der Waals surface area contributed by atoms with Gasteiger partial charge in [0.2, 0.25) is 0 Å². The molecule has 2 aliphatic carbocycles. The second kappa shape index (κ2) is 5.37. The Morgan fingerprint density at radius 1 is 0.571 bits per heavy atom. The molecule has 4 aromatic rings. The molecular formula is C27H19Cl. The highest BCUT2D eigenvalue weighted by Crippen LogP contribution is 2.63. The number of aryl methyl sites for hydroxylation is 2. The maximum atomic E-state index is 6.78. The molecule has 0 unspecified atom stereocenters. The van der Waals surface area contributed by atoms with Gasteiger partial charge in [0, 0.05) is 10.6 Å². The van der Waals surface area contributed by atoms with Crippen molar-refractivity contribution in [3.05, 3.63) is 117 Å². The molecule has 0 amide bonds. The van der Waals surface area contributed by atoms with Gasteiger partial charge in [0.25, 0.3) is 0 Å². The molecule has 0 atom stereocenters. The monoisotopic (exact) mass is 378 g/mol. The molecule has 1 heteroatoms. The van der Waals surface area contributed by atoms with E-state index in [0.29, 0.717) is 0 Å². The summed E-state index contributed by atoms with van der Waals surface area (Å²) >= 11 is 6.78. The summed E-state index contributed by atoms with van der Waals surface area (Å²) in [5.41, 5.74) is 12.8. The molecule has 6 rings (SSSR count). The molecule has 0 N–H and O–H groups in total. The average molecular weight is 379 g/mol. The second-order valence-corrected chi connectivity index (χ2v) is 8.46. The molecular weight excluding hydrogens is 360 g/mol. The molecule has 0 radical (unpaired) electrons. The van der Waals surface area contributed by atoms with E-state index in [1.807, 2.05) is 6.07 Å². The molecule has 0 aliphatic heterocycles. The van der Waals surface area contributed by atoms with Gasteiger partial charge in [-0.3, -0.25) is 0 Å². The fraction of sp³-hybridized carbons (Fsp3) is 0.111. The van der Waals surface area contributed by atoms with Gasteiger partial charge in [0.05, 0.1) is 5.41 Å². The summed E-state index contributed by atoms with van der Waals surface area (Å²) in [6, 6.07) is 28.9. The molecule has 2 aliphatic rings. The Kier molecular flexibility index (Phi) is 3.10. The number of hydrogen-bond donors (Lipinski definition) is 0. The van der Waals surface area contributed by atoms with E-state index in [1.54, 1.807) is 0 Å². The summed E-state index contributed by atoms with van der Waals surface area (Å²) in [7, 11) is 0. The van der Waals surface area contributed by atoms with E-state index in [9.17, 15) is 0 Å². The van der Waals surface area contributed by atoms with Crippen LogP contribution in [0, 0.1) is 13.8 Å². The first-order valence-electron chi connectivity index (χ1n) is 9.74. The SMILES string of the molecule is Cc1ccc2c(c1)C1(c3cc(C)ccc3-2)c2ccccc2-c2c(Cl)cccc21. The van der Waals surface area contributed by atoms with Gasteiger partial charge in [0.15, 0.2) is 0 Å². The minimum absolute atomic E-state index is 0.292. The van der Waals surface area contributed by atoms with Crippen LogP contribution in [0.5, 0.6) is 0 Å². The highest BCUT2D eigenvalue weighted by atomic mass is 35.5. The largest absolute Gasteiger partial charge is 0.0837 e. The summed E-state index contributed by atoms with van der Waals surface area (Å²) in [6.45, 7) is 4.36. The van der Waals surface area contributed by atoms with Crippen LogP contribution in [0.25, 0.3) is 22.3 Å². The fourth-order valence-corrected chi connectivity index (χ4v) is 5.69. The lowest BCUT2D eigenvalue weighted by molar-refractivity contribution is 0.791. The third kappa shape index (κ3) is 1.77. The normalized spacial score (nSPS) is 14.5. The Morgan fingerprint density at radius 2 is 1.18 bits per heavy atom. The quantitative estimate of drug-likeness (QED) is 0.260. The molecule has 4 aromatic carbocycles. The molecule has 28 heavy (non-hydrogen) atoms. The van der Waals surface area contributed by atoms with E-state index in [-0.39, 0.29) is 5.41 Å². The fourth-order valence-electron chi connectivity index (χ4n) is 5.42. The van der Waals surface area contributed by atoms with Crippen molar-refractivity contribution >= 4 is 11.6 Å². The van der Waals surface area contributed by atoms with Gasteiger partial charge in [-0.05, 0) is 58.9 Å². The summed E-state index contributed by atoms with van der Waals surface area (Å²) in [5, 5.41) is 0.831. The maximum Gasteiger partial charge on any atom is 0.0726 e. The van der Waals surface area contributed by atoms with Crippen molar-refractivity contribution in [3.63, 3.8) is 0 Å². The van der Waals surface area contributed by atoms with Crippen molar-refractivity contribution in [2.45, 2.75) is 19.3 Å². The van der Waals surface area contributed by atoms with Crippen LogP contribution in [-0.4, -0.2) is 0 Å².